The Hall–Kier alpha value is -2.13. The van der Waals surface area contributed by atoms with Crippen LogP contribution in [0.4, 0.5) is 0 Å². The number of halogens is 1. The lowest BCUT2D eigenvalue weighted by molar-refractivity contribution is 0.878. The van der Waals surface area contributed by atoms with Gasteiger partial charge >= 0.3 is 0 Å². The summed E-state index contributed by atoms with van der Waals surface area (Å²) in [4.78, 5) is 4.40. The van der Waals surface area contributed by atoms with Gasteiger partial charge in [0.2, 0.25) is 0 Å². The first-order valence-corrected chi connectivity index (χ1v) is 6.78. The fourth-order valence-corrected chi connectivity index (χ4v) is 2.42. The van der Waals surface area contributed by atoms with E-state index in [9.17, 15) is 0 Å². The van der Waals surface area contributed by atoms with Crippen LogP contribution >= 0.6 is 11.6 Å². The highest BCUT2D eigenvalue weighted by Crippen LogP contribution is 2.27. The minimum atomic E-state index is 0.730. The molecule has 3 nitrogen and oxygen atoms in total. The molecule has 0 N–H and O–H groups in total. The first-order chi connectivity index (χ1) is 9.68. The van der Waals surface area contributed by atoms with Crippen LogP contribution in [0.2, 0.25) is 5.02 Å². The fraction of sp³-hybridized carbons (Fsp3) is 0.125. The van der Waals surface area contributed by atoms with Gasteiger partial charge in [-0.1, -0.05) is 41.9 Å². The van der Waals surface area contributed by atoms with E-state index >= 15 is 0 Å². The molecule has 0 spiro atoms. The van der Waals surface area contributed by atoms with Gasteiger partial charge in [0, 0.05) is 10.6 Å². The van der Waals surface area contributed by atoms with E-state index in [0.29, 0.717) is 0 Å². The molecule has 3 rings (SSSR count). The SMILES string of the molecule is Cc1ccccc1-c1ncnn1-c1cccc(Cl)c1C. The molecule has 0 amide bonds. The maximum absolute atomic E-state index is 6.20. The van der Waals surface area contributed by atoms with Gasteiger partial charge in [-0.05, 0) is 37.1 Å². The van der Waals surface area contributed by atoms with E-state index < -0.39 is 0 Å². The minimum absolute atomic E-state index is 0.730. The first kappa shape index (κ1) is 12.9. The molecule has 0 aliphatic carbocycles. The van der Waals surface area contributed by atoms with E-state index in [1.807, 2.05) is 41.9 Å². The minimum Gasteiger partial charge on any atom is -0.215 e. The van der Waals surface area contributed by atoms with Crippen LogP contribution in [0, 0.1) is 13.8 Å². The summed E-state index contributed by atoms with van der Waals surface area (Å²) in [5.41, 5.74) is 4.19. The van der Waals surface area contributed by atoms with Gasteiger partial charge in [-0.3, -0.25) is 0 Å². The second-order valence-corrected chi connectivity index (χ2v) is 5.10. The zero-order valence-corrected chi connectivity index (χ0v) is 12.1. The second kappa shape index (κ2) is 5.10. The van der Waals surface area contributed by atoms with Gasteiger partial charge in [-0.25, -0.2) is 9.67 Å². The predicted molar refractivity (Wildman–Crippen MR) is 81.3 cm³/mol. The van der Waals surface area contributed by atoms with E-state index in [4.69, 9.17) is 11.6 Å². The summed E-state index contributed by atoms with van der Waals surface area (Å²) < 4.78 is 1.84. The van der Waals surface area contributed by atoms with Crippen molar-refractivity contribution < 1.29 is 0 Å². The van der Waals surface area contributed by atoms with Gasteiger partial charge < -0.3 is 0 Å². The first-order valence-electron chi connectivity index (χ1n) is 6.40. The van der Waals surface area contributed by atoms with Crippen LogP contribution in [0.25, 0.3) is 17.1 Å². The Morgan fingerprint density at radius 3 is 2.60 bits per heavy atom. The van der Waals surface area contributed by atoms with Crippen LogP contribution < -0.4 is 0 Å². The summed E-state index contributed by atoms with van der Waals surface area (Å²) in [6.45, 7) is 4.06. The van der Waals surface area contributed by atoms with Crippen molar-refractivity contribution in [2.75, 3.05) is 0 Å². The zero-order valence-electron chi connectivity index (χ0n) is 11.3. The maximum atomic E-state index is 6.20. The third kappa shape index (κ3) is 2.10. The molecule has 0 fully saturated rings. The van der Waals surface area contributed by atoms with Crippen LogP contribution in [0.3, 0.4) is 0 Å². The Morgan fingerprint density at radius 1 is 1.00 bits per heavy atom. The standard InChI is InChI=1S/C16H14ClN3/c1-11-6-3-4-7-13(11)16-18-10-19-20(16)15-9-5-8-14(17)12(15)2/h3-10H,1-2H3. The molecule has 20 heavy (non-hydrogen) atoms. The van der Waals surface area contributed by atoms with Crippen LogP contribution in [-0.4, -0.2) is 14.8 Å². The smallest absolute Gasteiger partial charge is 0.163 e. The van der Waals surface area contributed by atoms with Crippen molar-refractivity contribution in [3.05, 3.63) is 64.9 Å². The number of benzene rings is 2. The van der Waals surface area contributed by atoms with Crippen molar-refractivity contribution >= 4 is 11.6 Å². The van der Waals surface area contributed by atoms with Crippen molar-refractivity contribution in [2.45, 2.75) is 13.8 Å². The van der Waals surface area contributed by atoms with E-state index in [-0.39, 0.29) is 0 Å². The summed E-state index contributed by atoms with van der Waals surface area (Å²) in [6, 6.07) is 13.9. The summed E-state index contributed by atoms with van der Waals surface area (Å²) in [7, 11) is 0. The molecule has 0 aliphatic heterocycles. The van der Waals surface area contributed by atoms with Gasteiger partial charge in [0.25, 0.3) is 0 Å². The Labute approximate surface area is 122 Å². The van der Waals surface area contributed by atoms with E-state index in [2.05, 4.69) is 29.1 Å². The van der Waals surface area contributed by atoms with Gasteiger partial charge in [-0.2, -0.15) is 5.10 Å². The van der Waals surface area contributed by atoms with Crippen molar-refractivity contribution in [1.82, 2.24) is 14.8 Å². The summed E-state index contributed by atoms with van der Waals surface area (Å²) in [5, 5.41) is 5.08. The third-order valence-corrected chi connectivity index (χ3v) is 3.81. The monoisotopic (exact) mass is 283 g/mol. The number of hydrogen-bond donors (Lipinski definition) is 0. The Kier molecular flexibility index (Phi) is 3.28. The topological polar surface area (TPSA) is 30.7 Å². The summed E-state index contributed by atoms with van der Waals surface area (Å²) in [6.07, 6.45) is 1.57. The quantitative estimate of drug-likeness (QED) is 0.705. The molecule has 1 aromatic heterocycles. The summed E-state index contributed by atoms with van der Waals surface area (Å²) in [5.74, 6) is 0.827. The number of nitrogens with zero attached hydrogens (tertiary/aromatic N) is 3. The third-order valence-electron chi connectivity index (χ3n) is 3.40. The molecule has 0 saturated carbocycles. The van der Waals surface area contributed by atoms with Crippen LogP contribution in [0.15, 0.2) is 48.8 Å². The van der Waals surface area contributed by atoms with Gasteiger partial charge in [0.15, 0.2) is 5.82 Å². The van der Waals surface area contributed by atoms with Crippen LogP contribution in [0.1, 0.15) is 11.1 Å². The number of hydrogen-bond acceptors (Lipinski definition) is 2. The highest BCUT2D eigenvalue weighted by atomic mass is 35.5. The van der Waals surface area contributed by atoms with Gasteiger partial charge in [0.05, 0.1) is 5.69 Å². The summed E-state index contributed by atoms with van der Waals surface area (Å²) >= 11 is 6.20. The molecule has 1 heterocycles. The predicted octanol–water partition coefficient (Wildman–Crippen LogP) is 4.20. The molecular weight excluding hydrogens is 270 g/mol. The zero-order chi connectivity index (χ0) is 14.1. The van der Waals surface area contributed by atoms with Crippen molar-refractivity contribution in [2.24, 2.45) is 0 Å². The fourth-order valence-electron chi connectivity index (χ4n) is 2.25. The lowest BCUT2D eigenvalue weighted by atomic mass is 10.1. The van der Waals surface area contributed by atoms with Crippen molar-refractivity contribution in [1.29, 1.82) is 0 Å². The average molecular weight is 284 g/mol. The Balaban J connectivity index is 2.21. The molecule has 2 aromatic carbocycles. The molecule has 0 radical (unpaired) electrons. The van der Waals surface area contributed by atoms with E-state index in [1.165, 1.54) is 5.56 Å². The lowest BCUT2D eigenvalue weighted by Gasteiger charge is -2.11. The molecule has 3 aromatic rings. The molecule has 4 heteroatoms. The molecule has 0 bridgehead atoms. The highest BCUT2D eigenvalue weighted by Gasteiger charge is 2.13. The molecule has 0 saturated heterocycles. The maximum Gasteiger partial charge on any atom is 0.163 e. The number of rotatable bonds is 2. The Bertz CT molecular complexity index is 762. The highest BCUT2D eigenvalue weighted by molar-refractivity contribution is 6.31. The van der Waals surface area contributed by atoms with E-state index in [1.54, 1.807) is 6.33 Å². The van der Waals surface area contributed by atoms with Gasteiger partial charge in [-0.15, -0.1) is 0 Å². The lowest BCUT2D eigenvalue weighted by Crippen LogP contribution is -2.02. The number of aromatic nitrogens is 3. The molecular formula is C16H14ClN3. The average Bonchev–Trinajstić information content (AvgIpc) is 2.91. The van der Waals surface area contributed by atoms with Crippen LogP contribution in [0.5, 0.6) is 0 Å². The van der Waals surface area contributed by atoms with Crippen LogP contribution in [-0.2, 0) is 0 Å². The van der Waals surface area contributed by atoms with Crippen molar-refractivity contribution in [3.8, 4) is 17.1 Å². The van der Waals surface area contributed by atoms with Crippen molar-refractivity contribution in [3.63, 3.8) is 0 Å². The van der Waals surface area contributed by atoms with E-state index in [0.717, 1.165) is 27.7 Å². The normalized spacial score (nSPS) is 10.8. The second-order valence-electron chi connectivity index (χ2n) is 4.69. The Morgan fingerprint density at radius 2 is 1.80 bits per heavy atom. The number of aryl methyl sites for hydroxylation is 1. The molecule has 0 unspecified atom stereocenters. The van der Waals surface area contributed by atoms with Gasteiger partial charge in [0.1, 0.15) is 6.33 Å². The largest absolute Gasteiger partial charge is 0.215 e. The molecule has 0 aliphatic rings. The molecule has 0 atom stereocenters. The molecule has 100 valence electrons.